The van der Waals surface area contributed by atoms with Gasteiger partial charge in [0.1, 0.15) is 11.5 Å². The molecule has 0 aliphatic rings. The highest BCUT2D eigenvalue weighted by molar-refractivity contribution is 9.10. The molecule has 3 aromatic rings. The molecule has 0 atom stereocenters. The summed E-state index contributed by atoms with van der Waals surface area (Å²) in [6.45, 7) is 1.45. The van der Waals surface area contributed by atoms with Crippen LogP contribution in [-0.2, 0) is 21.4 Å². The zero-order valence-electron chi connectivity index (χ0n) is 17.8. The Balaban J connectivity index is 2.06. The number of nitrogens with one attached hydrogen (secondary N) is 1. The SMILES string of the molecule is COc1cc(CN(c2cccc(Br)c2)S(=O)(=O)c2ccc(NC(C)=O)cc2)cc(OC)c1. The number of ether oxygens (including phenoxy) is 2. The average Bonchev–Trinajstić information content (AvgIpc) is 2.77. The maximum absolute atomic E-state index is 13.7. The molecule has 0 aliphatic heterocycles. The molecule has 0 saturated heterocycles. The van der Waals surface area contributed by atoms with Crippen LogP contribution in [-0.4, -0.2) is 28.5 Å². The van der Waals surface area contributed by atoms with Gasteiger partial charge in [0.15, 0.2) is 0 Å². The number of benzene rings is 3. The van der Waals surface area contributed by atoms with E-state index in [1.807, 2.05) is 6.07 Å². The first-order valence-electron chi connectivity index (χ1n) is 9.61. The molecule has 3 rings (SSSR count). The second-order valence-electron chi connectivity index (χ2n) is 6.92. The lowest BCUT2D eigenvalue weighted by Gasteiger charge is -2.25. The van der Waals surface area contributed by atoms with E-state index in [0.717, 1.165) is 4.47 Å². The van der Waals surface area contributed by atoms with Crippen LogP contribution in [0.25, 0.3) is 0 Å². The van der Waals surface area contributed by atoms with Gasteiger partial charge in [-0.05, 0) is 60.2 Å². The first kappa shape index (κ1) is 23.6. The van der Waals surface area contributed by atoms with Crippen LogP contribution in [0.3, 0.4) is 0 Å². The average molecular weight is 519 g/mol. The van der Waals surface area contributed by atoms with Crippen LogP contribution in [0.15, 0.2) is 76.1 Å². The monoisotopic (exact) mass is 518 g/mol. The largest absolute Gasteiger partial charge is 0.497 e. The van der Waals surface area contributed by atoms with Crippen molar-refractivity contribution < 1.29 is 22.7 Å². The lowest BCUT2D eigenvalue weighted by atomic mass is 10.2. The third-order valence-electron chi connectivity index (χ3n) is 4.60. The molecule has 0 spiro atoms. The fraction of sp³-hybridized carbons (Fsp3) is 0.174. The van der Waals surface area contributed by atoms with Gasteiger partial charge in [0, 0.05) is 23.2 Å². The first-order chi connectivity index (χ1) is 15.2. The van der Waals surface area contributed by atoms with Gasteiger partial charge in [-0.2, -0.15) is 0 Å². The summed E-state index contributed by atoms with van der Waals surface area (Å²) in [6, 6.07) is 18.4. The fourth-order valence-electron chi connectivity index (χ4n) is 3.11. The summed E-state index contributed by atoms with van der Waals surface area (Å²) >= 11 is 3.42. The third kappa shape index (κ3) is 5.60. The predicted molar refractivity (Wildman–Crippen MR) is 128 cm³/mol. The lowest BCUT2D eigenvalue weighted by Crippen LogP contribution is -2.30. The molecule has 1 amide bonds. The topological polar surface area (TPSA) is 84.9 Å². The van der Waals surface area contributed by atoms with E-state index in [0.29, 0.717) is 28.4 Å². The van der Waals surface area contributed by atoms with Gasteiger partial charge in [-0.3, -0.25) is 9.10 Å². The van der Waals surface area contributed by atoms with Gasteiger partial charge in [-0.25, -0.2) is 8.42 Å². The smallest absolute Gasteiger partial charge is 0.264 e. The van der Waals surface area contributed by atoms with Crippen LogP contribution < -0.4 is 19.1 Å². The summed E-state index contributed by atoms with van der Waals surface area (Å²) in [5.41, 5.74) is 1.70. The van der Waals surface area contributed by atoms with Crippen molar-refractivity contribution in [1.82, 2.24) is 0 Å². The van der Waals surface area contributed by atoms with Crippen LogP contribution in [0.4, 0.5) is 11.4 Å². The van der Waals surface area contributed by atoms with E-state index in [-0.39, 0.29) is 17.3 Å². The number of methoxy groups -OCH3 is 2. The van der Waals surface area contributed by atoms with Crippen molar-refractivity contribution in [2.24, 2.45) is 0 Å². The summed E-state index contributed by atoms with van der Waals surface area (Å²) in [4.78, 5) is 11.4. The minimum absolute atomic E-state index is 0.0554. The Hall–Kier alpha value is -3.04. The standard InChI is InChI=1S/C23H23BrN2O5S/c1-16(27)25-19-7-9-23(10-8-19)32(28,29)26(20-6-4-5-18(24)13-20)15-17-11-21(30-2)14-22(12-17)31-3/h4-14H,15H2,1-3H3,(H,25,27). The number of anilines is 2. The summed E-state index contributed by atoms with van der Waals surface area (Å²) in [5, 5.41) is 2.64. The second kappa shape index (κ2) is 10.1. The maximum atomic E-state index is 13.7. The van der Waals surface area contributed by atoms with Gasteiger partial charge >= 0.3 is 0 Å². The maximum Gasteiger partial charge on any atom is 0.264 e. The zero-order chi connectivity index (χ0) is 23.3. The minimum Gasteiger partial charge on any atom is -0.497 e. The van der Waals surface area contributed by atoms with Crippen LogP contribution >= 0.6 is 15.9 Å². The Morgan fingerprint density at radius 2 is 1.59 bits per heavy atom. The van der Waals surface area contributed by atoms with E-state index in [1.165, 1.54) is 37.6 Å². The fourth-order valence-corrected chi connectivity index (χ4v) is 4.94. The van der Waals surface area contributed by atoms with E-state index >= 15 is 0 Å². The van der Waals surface area contributed by atoms with Crippen molar-refractivity contribution in [3.63, 3.8) is 0 Å². The molecule has 0 saturated carbocycles. The number of rotatable bonds is 8. The van der Waals surface area contributed by atoms with Crippen LogP contribution in [0.5, 0.6) is 11.5 Å². The Bertz CT molecular complexity index is 1190. The van der Waals surface area contributed by atoms with Crippen molar-refractivity contribution in [3.8, 4) is 11.5 Å². The van der Waals surface area contributed by atoms with Crippen LogP contribution in [0, 0.1) is 0 Å². The number of halogens is 1. The number of carbonyl (C=O) groups is 1. The quantitative estimate of drug-likeness (QED) is 0.462. The van der Waals surface area contributed by atoms with E-state index in [1.54, 1.807) is 48.5 Å². The molecule has 0 unspecified atom stereocenters. The second-order valence-corrected chi connectivity index (χ2v) is 9.70. The van der Waals surface area contributed by atoms with Crippen LogP contribution in [0.2, 0.25) is 0 Å². The molecule has 3 aromatic carbocycles. The van der Waals surface area contributed by atoms with E-state index in [9.17, 15) is 13.2 Å². The highest BCUT2D eigenvalue weighted by atomic mass is 79.9. The van der Waals surface area contributed by atoms with Crippen molar-refractivity contribution in [1.29, 1.82) is 0 Å². The Labute approximate surface area is 196 Å². The molecule has 0 heterocycles. The number of amides is 1. The predicted octanol–water partition coefficient (Wildman–Crippen LogP) is 4.82. The summed E-state index contributed by atoms with van der Waals surface area (Å²) < 4.78 is 40.0. The Kier molecular flexibility index (Phi) is 7.42. The molecule has 0 aliphatic carbocycles. The molecule has 7 nitrogen and oxygen atoms in total. The molecule has 32 heavy (non-hydrogen) atoms. The van der Waals surface area contributed by atoms with Gasteiger partial charge in [0.05, 0.1) is 31.3 Å². The number of carbonyl (C=O) groups excluding carboxylic acids is 1. The molecule has 0 bridgehead atoms. The summed E-state index contributed by atoms with van der Waals surface area (Å²) in [7, 11) is -0.856. The number of sulfonamides is 1. The third-order valence-corrected chi connectivity index (χ3v) is 6.88. The summed E-state index contributed by atoms with van der Waals surface area (Å²) in [6.07, 6.45) is 0. The van der Waals surface area contributed by atoms with Crippen molar-refractivity contribution in [3.05, 3.63) is 76.8 Å². The minimum atomic E-state index is -3.94. The molecule has 0 radical (unpaired) electrons. The number of hydrogen-bond acceptors (Lipinski definition) is 5. The first-order valence-corrected chi connectivity index (χ1v) is 11.8. The molecule has 0 aromatic heterocycles. The van der Waals surface area contributed by atoms with Gasteiger partial charge in [0.25, 0.3) is 10.0 Å². The number of hydrogen-bond donors (Lipinski definition) is 1. The van der Waals surface area contributed by atoms with Gasteiger partial charge in [-0.15, -0.1) is 0 Å². The zero-order valence-corrected chi connectivity index (χ0v) is 20.2. The Morgan fingerprint density at radius 1 is 0.969 bits per heavy atom. The molecule has 168 valence electrons. The lowest BCUT2D eigenvalue weighted by molar-refractivity contribution is -0.114. The number of nitrogens with zero attached hydrogens (tertiary/aromatic N) is 1. The highest BCUT2D eigenvalue weighted by Gasteiger charge is 2.26. The van der Waals surface area contributed by atoms with Crippen molar-refractivity contribution in [2.45, 2.75) is 18.4 Å². The normalized spacial score (nSPS) is 11.0. The van der Waals surface area contributed by atoms with Crippen LogP contribution in [0.1, 0.15) is 12.5 Å². The van der Waals surface area contributed by atoms with Crippen molar-refractivity contribution in [2.75, 3.05) is 23.8 Å². The molecular formula is C23H23BrN2O5S. The molecule has 1 N–H and O–H groups in total. The van der Waals surface area contributed by atoms with Gasteiger partial charge in [-0.1, -0.05) is 22.0 Å². The van der Waals surface area contributed by atoms with Gasteiger partial charge < -0.3 is 14.8 Å². The van der Waals surface area contributed by atoms with E-state index in [2.05, 4.69) is 21.2 Å². The molecular weight excluding hydrogens is 496 g/mol. The summed E-state index contributed by atoms with van der Waals surface area (Å²) in [5.74, 6) is 0.888. The van der Waals surface area contributed by atoms with Crippen molar-refractivity contribution >= 4 is 43.2 Å². The Morgan fingerprint density at radius 3 is 2.12 bits per heavy atom. The highest BCUT2D eigenvalue weighted by Crippen LogP contribution is 2.31. The van der Waals surface area contributed by atoms with E-state index in [4.69, 9.17) is 9.47 Å². The van der Waals surface area contributed by atoms with E-state index < -0.39 is 10.0 Å². The molecule has 0 fully saturated rings. The van der Waals surface area contributed by atoms with Gasteiger partial charge in [0.2, 0.25) is 5.91 Å². The molecule has 9 heteroatoms.